The first-order valence-electron chi connectivity index (χ1n) is 10.7. The molecule has 1 amide bonds. The third-order valence-electron chi connectivity index (χ3n) is 4.75. The molecule has 35 heavy (non-hydrogen) atoms. The molecule has 0 bridgehead atoms. The van der Waals surface area contributed by atoms with Crippen LogP contribution >= 0.6 is 27.7 Å². The number of hydrogen-bond acceptors (Lipinski definition) is 6. The molecule has 0 aliphatic heterocycles. The van der Waals surface area contributed by atoms with Crippen LogP contribution in [0, 0.1) is 5.82 Å². The monoisotopic (exact) mass is 553 g/mol. The zero-order valence-corrected chi connectivity index (χ0v) is 21.1. The second kappa shape index (κ2) is 11.8. The van der Waals surface area contributed by atoms with Crippen LogP contribution in [-0.2, 0) is 4.79 Å². The Bertz CT molecular complexity index is 1330. The maximum atomic E-state index is 13.8. The van der Waals surface area contributed by atoms with E-state index in [9.17, 15) is 9.18 Å². The number of rotatable bonds is 9. The van der Waals surface area contributed by atoms with Gasteiger partial charge in [-0.1, -0.05) is 58.0 Å². The first-order valence-corrected chi connectivity index (χ1v) is 12.5. The largest absolute Gasteiger partial charge is 0.494 e. The minimum absolute atomic E-state index is 0.0439. The molecular formula is C25H21BrFN5O2S. The predicted octanol–water partition coefficient (Wildman–Crippen LogP) is 5.48. The highest BCUT2D eigenvalue weighted by molar-refractivity contribution is 9.10. The summed E-state index contributed by atoms with van der Waals surface area (Å²) in [5.74, 6) is 0.670. The first-order chi connectivity index (χ1) is 17.0. The molecule has 0 aliphatic rings. The summed E-state index contributed by atoms with van der Waals surface area (Å²) < 4.78 is 22.0. The van der Waals surface area contributed by atoms with Crippen LogP contribution in [-0.4, -0.2) is 39.2 Å². The lowest BCUT2D eigenvalue weighted by atomic mass is 10.2. The SMILES string of the molecule is CCOc1ccc(-n2c(SCC(=O)N/N=C/c3cc(Br)ccc3F)nnc2-c2ccccc2)cc1. The number of halogens is 2. The third kappa shape index (κ3) is 6.34. The van der Waals surface area contributed by atoms with Crippen molar-refractivity contribution in [1.82, 2.24) is 20.2 Å². The van der Waals surface area contributed by atoms with E-state index in [1.54, 1.807) is 12.1 Å². The lowest BCUT2D eigenvalue weighted by Crippen LogP contribution is -2.20. The van der Waals surface area contributed by atoms with Gasteiger partial charge in [0.15, 0.2) is 11.0 Å². The molecule has 0 aliphatic carbocycles. The Morgan fingerprint density at radius 3 is 2.66 bits per heavy atom. The molecular weight excluding hydrogens is 533 g/mol. The van der Waals surface area contributed by atoms with Crippen LogP contribution in [0.1, 0.15) is 12.5 Å². The van der Waals surface area contributed by atoms with E-state index in [0.717, 1.165) is 17.0 Å². The number of nitrogens with zero attached hydrogens (tertiary/aromatic N) is 4. The molecule has 178 valence electrons. The Kier molecular flexibility index (Phi) is 8.27. The van der Waals surface area contributed by atoms with Crippen molar-refractivity contribution in [2.24, 2.45) is 5.10 Å². The number of carbonyl (C=O) groups excluding carboxylic acids is 1. The number of ether oxygens (including phenoxy) is 1. The van der Waals surface area contributed by atoms with E-state index >= 15 is 0 Å². The second-order valence-corrected chi connectivity index (χ2v) is 9.04. The molecule has 0 fully saturated rings. The smallest absolute Gasteiger partial charge is 0.250 e. The summed E-state index contributed by atoms with van der Waals surface area (Å²) in [6.07, 6.45) is 1.26. The molecule has 4 aromatic rings. The molecule has 4 rings (SSSR count). The van der Waals surface area contributed by atoms with E-state index < -0.39 is 5.82 Å². The molecule has 10 heteroatoms. The zero-order chi connectivity index (χ0) is 24.6. The molecule has 0 unspecified atom stereocenters. The third-order valence-corrected chi connectivity index (χ3v) is 6.18. The first kappa shape index (κ1) is 24.6. The van der Waals surface area contributed by atoms with Crippen molar-refractivity contribution in [3.05, 3.63) is 88.6 Å². The maximum Gasteiger partial charge on any atom is 0.250 e. The van der Waals surface area contributed by atoms with Crippen molar-refractivity contribution < 1.29 is 13.9 Å². The molecule has 0 saturated carbocycles. The van der Waals surface area contributed by atoms with E-state index in [1.807, 2.05) is 66.1 Å². The number of nitrogens with one attached hydrogen (secondary N) is 1. The molecule has 1 heterocycles. The van der Waals surface area contributed by atoms with Gasteiger partial charge in [0.05, 0.1) is 18.6 Å². The summed E-state index contributed by atoms with van der Waals surface area (Å²) >= 11 is 4.51. The fourth-order valence-corrected chi connectivity index (χ4v) is 4.30. The van der Waals surface area contributed by atoms with Crippen molar-refractivity contribution in [1.29, 1.82) is 0 Å². The summed E-state index contributed by atoms with van der Waals surface area (Å²) in [4.78, 5) is 12.4. The Balaban J connectivity index is 1.51. The highest BCUT2D eigenvalue weighted by Crippen LogP contribution is 2.28. The summed E-state index contributed by atoms with van der Waals surface area (Å²) in [6, 6.07) is 21.8. The van der Waals surface area contributed by atoms with Crippen LogP contribution in [0.25, 0.3) is 17.1 Å². The number of amides is 1. The van der Waals surface area contributed by atoms with Crippen LogP contribution in [0.2, 0.25) is 0 Å². The average Bonchev–Trinajstić information content (AvgIpc) is 3.30. The van der Waals surface area contributed by atoms with Gasteiger partial charge in [-0.2, -0.15) is 5.10 Å². The van der Waals surface area contributed by atoms with Crippen molar-refractivity contribution >= 4 is 39.8 Å². The van der Waals surface area contributed by atoms with Crippen molar-refractivity contribution in [3.63, 3.8) is 0 Å². The summed E-state index contributed by atoms with van der Waals surface area (Å²) in [6.45, 7) is 2.51. The fourth-order valence-electron chi connectivity index (χ4n) is 3.18. The number of hydrogen-bond donors (Lipinski definition) is 1. The Labute approximate surface area is 214 Å². The topological polar surface area (TPSA) is 81.4 Å². The normalized spacial score (nSPS) is 11.1. The van der Waals surface area contributed by atoms with Gasteiger partial charge in [0.25, 0.3) is 5.91 Å². The quantitative estimate of drug-likeness (QED) is 0.169. The van der Waals surface area contributed by atoms with Crippen LogP contribution in [0.5, 0.6) is 5.75 Å². The number of thioether (sulfide) groups is 1. The van der Waals surface area contributed by atoms with Gasteiger partial charge in [-0.25, -0.2) is 9.82 Å². The lowest BCUT2D eigenvalue weighted by molar-refractivity contribution is -0.118. The van der Waals surface area contributed by atoms with Gasteiger partial charge in [0.2, 0.25) is 0 Å². The highest BCUT2D eigenvalue weighted by atomic mass is 79.9. The number of hydrazone groups is 1. The molecule has 0 spiro atoms. The van der Waals surface area contributed by atoms with Crippen LogP contribution < -0.4 is 10.2 Å². The second-order valence-electron chi connectivity index (χ2n) is 7.18. The molecule has 0 saturated heterocycles. The van der Waals surface area contributed by atoms with Gasteiger partial charge >= 0.3 is 0 Å². The minimum atomic E-state index is -0.433. The average molecular weight is 554 g/mol. The molecule has 3 aromatic carbocycles. The van der Waals surface area contributed by atoms with Gasteiger partial charge < -0.3 is 4.74 Å². The van der Waals surface area contributed by atoms with Gasteiger partial charge in [-0.3, -0.25) is 9.36 Å². The van der Waals surface area contributed by atoms with Crippen LogP contribution in [0.3, 0.4) is 0 Å². The Morgan fingerprint density at radius 1 is 1.14 bits per heavy atom. The Morgan fingerprint density at radius 2 is 1.91 bits per heavy atom. The minimum Gasteiger partial charge on any atom is -0.494 e. The van der Waals surface area contributed by atoms with Gasteiger partial charge in [-0.15, -0.1) is 10.2 Å². The van der Waals surface area contributed by atoms with Crippen molar-refractivity contribution in [3.8, 4) is 22.8 Å². The number of aromatic nitrogens is 3. The van der Waals surface area contributed by atoms with Crippen molar-refractivity contribution in [2.75, 3.05) is 12.4 Å². The van der Waals surface area contributed by atoms with Crippen molar-refractivity contribution in [2.45, 2.75) is 12.1 Å². The maximum absolute atomic E-state index is 13.8. The summed E-state index contributed by atoms with van der Waals surface area (Å²) in [7, 11) is 0. The molecule has 0 radical (unpaired) electrons. The number of benzene rings is 3. The Hall–Kier alpha value is -3.50. The zero-order valence-electron chi connectivity index (χ0n) is 18.7. The van der Waals surface area contributed by atoms with E-state index in [2.05, 4.69) is 36.7 Å². The van der Waals surface area contributed by atoms with Crippen LogP contribution in [0.15, 0.2) is 87.5 Å². The number of carbonyl (C=O) groups is 1. The lowest BCUT2D eigenvalue weighted by Gasteiger charge is -2.11. The van der Waals surface area contributed by atoms with Gasteiger partial charge in [0, 0.05) is 21.3 Å². The van der Waals surface area contributed by atoms with E-state index in [4.69, 9.17) is 4.74 Å². The highest BCUT2D eigenvalue weighted by Gasteiger charge is 2.17. The molecule has 1 N–H and O–H groups in total. The van der Waals surface area contributed by atoms with Gasteiger partial charge in [0.1, 0.15) is 11.6 Å². The van der Waals surface area contributed by atoms with E-state index in [0.29, 0.717) is 22.1 Å². The molecule has 1 aromatic heterocycles. The molecule has 7 nitrogen and oxygen atoms in total. The standard InChI is InChI=1S/C25H21BrFN5O2S/c1-2-34-21-11-9-20(10-12-21)32-24(17-6-4-3-5-7-17)30-31-25(32)35-16-23(33)29-28-15-18-14-19(26)8-13-22(18)27/h3-15H,2,16H2,1H3,(H,29,33)/b28-15+. The summed E-state index contributed by atoms with van der Waals surface area (Å²) in [5, 5.41) is 13.1. The predicted molar refractivity (Wildman–Crippen MR) is 139 cm³/mol. The van der Waals surface area contributed by atoms with Crippen LogP contribution in [0.4, 0.5) is 4.39 Å². The summed E-state index contributed by atoms with van der Waals surface area (Å²) in [5.41, 5.74) is 4.41. The molecule has 0 atom stereocenters. The van der Waals surface area contributed by atoms with E-state index in [1.165, 1.54) is 24.0 Å². The van der Waals surface area contributed by atoms with E-state index in [-0.39, 0.29) is 17.2 Å². The fraction of sp³-hybridized carbons (Fsp3) is 0.120. The van der Waals surface area contributed by atoms with Gasteiger partial charge in [-0.05, 0) is 49.4 Å².